The standard InChI is InChI=1S/C25H38FN3O4/c1-5-20(16-23-9-6-18(2)28(23)24(30)17-32-3)27-14-12-22(13-15-27)29(25(31)33-4)21-10-7-19(26)8-11-21/h7-8,10-11,18,20,22-23H,5-6,9,12-17H2,1-4H3. The summed E-state index contributed by atoms with van der Waals surface area (Å²) in [4.78, 5) is 31.3. The summed E-state index contributed by atoms with van der Waals surface area (Å²) >= 11 is 0. The maximum Gasteiger partial charge on any atom is 0.414 e. The highest BCUT2D eigenvalue weighted by Crippen LogP contribution is 2.31. The van der Waals surface area contributed by atoms with Crippen LogP contribution < -0.4 is 4.90 Å². The Hall–Kier alpha value is -2.19. The SMILES string of the molecule is CCC(CC1CCC(C)N1C(=O)COC)N1CCC(N(C(=O)OC)c2ccc(F)cc2)CC1. The summed E-state index contributed by atoms with van der Waals surface area (Å²) < 4.78 is 23.5. The lowest BCUT2D eigenvalue weighted by molar-refractivity contribution is -0.138. The average Bonchev–Trinajstić information content (AvgIpc) is 3.19. The molecule has 2 fully saturated rings. The molecule has 3 rings (SSSR count). The number of hydrogen-bond donors (Lipinski definition) is 0. The van der Waals surface area contributed by atoms with Crippen molar-refractivity contribution in [1.29, 1.82) is 0 Å². The van der Waals surface area contributed by atoms with E-state index < -0.39 is 6.09 Å². The predicted molar refractivity (Wildman–Crippen MR) is 126 cm³/mol. The van der Waals surface area contributed by atoms with E-state index in [2.05, 4.69) is 18.7 Å². The summed E-state index contributed by atoms with van der Waals surface area (Å²) in [5.41, 5.74) is 0.654. The maximum atomic E-state index is 13.4. The average molecular weight is 464 g/mol. The van der Waals surface area contributed by atoms with E-state index in [1.165, 1.54) is 19.2 Å². The zero-order valence-corrected chi connectivity index (χ0v) is 20.3. The van der Waals surface area contributed by atoms with Crippen molar-refractivity contribution in [3.63, 3.8) is 0 Å². The monoisotopic (exact) mass is 463 g/mol. The van der Waals surface area contributed by atoms with Crippen LogP contribution in [0, 0.1) is 5.82 Å². The van der Waals surface area contributed by atoms with Crippen LogP contribution in [0.25, 0.3) is 0 Å². The molecule has 0 aliphatic carbocycles. The Labute approximate surface area is 196 Å². The van der Waals surface area contributed by atoms with Gasteiger partial charge in [0.15, 0.2) is 0 Å². The third kappa shape index (κ3) is 6.03. The molecule has 0 spiro atoms. The molecule has 0 N–H and O–H groups in total. The predicted octanol–water partition coefficient (Wildman–Crippen LogP) is 4.06. The first-order chi connectivity index (χ1) is 15.9. The van der Waals surface area contributed by atoms with Crippen LogP contribution in [0.1, 0.15) is 52.4 Å². The Morgan fingerprint density at radius 2 is 1.79 bits per heavy atom. The molecule has 0 aromatic heterocycles. The molecule has 0 radical (unpaired) electrons. The molecule has 0 bridgehead atoms. The Kier molecular flexibility index (Phi) is 9.09. The Bertz CT molecular complexity index is 782. The summed E-state index contributed by atoms with van der Waals surface area (Å²) in [5.74, 6) is -0.252. The van der Waals surface area contributed by atoms with Gasteiger partial charge >= 0.3 is 6.09 Å². The fourth-order valence-electron chi connectivity index (χ4n) is 5.51. The minimum Gasteiger partial charge on any atom is -0.452 e. The first-order valence-corrected chi connectivity index (χ1v) is 12.1. The highest BCUT2D eigenvalue weighted by Gasteiger charge is 2.37. The van der Waals surface area contributed by atoms with Gasteiger partial charge < -0.3 is 19.3 Å². The quantitative estimate of drug-likeness (QED) is 0.582. The van der Waals surface area contributed by atoms with Crippen molar-refractivity contribution in [2.24, 2.45) is 0 Å². The van der Waals surface area contributed by atoms with Gasteiger partial charge in [-0.15, -0.1) is 0 Å². The molecule has 0 saturated carbocycles. The number of amides is 2. The number of likely N-dealkylation sites (tertiary alicyclic amines) is 2. The van der Waals surface area contributed by atoms with Crippen molar-refractivity contribution in [3.05, 3.63) is 30.1 Å². The van der Waals surface area contributed by atoms with Gasteiger partial charge in [-0.3, -0.25) is 9.69 Å². The number of hydrogen-bond acceptors (Lipinski definition) is 5. The van der Waals surface area contributed by atoms with Gasteiger partial charge in [0.1, 0.15) is 12.4 Å². The van der Waals surface area contributed by atoms with Gasteiger partial charge in [-0.1, -0.05) is 6.92 Å². The zero-order valence-electron chi connectivity index (χ0n) is 20.3. The summed E-state index contributed by atoms with van der Waals surface area (Å²) in [6.45, 7) is 6.20. The van der Waals surface area contributed by atoms with Crippen LogP contribution in [-0.4, -0.2) is 79.9 Å². The number of ether oxygens (including phenoxy) is 2. The van der Waals surface area contributed by atoms with Gasteiger partial charge in [-0.05, 0) is 69.7 Å². The van der Waals surface area contributed by atoms with E-state index in [9.17, 15) is 14.0 Å². The third-order valence-corrected chi connectivity index (χ3v) is 7.21. The van der Waals surface area contributed by atoms with Gasteiger partial charge in [-0.2, -0.15) is 0 Å². The minimum atomic E-state index is -0.417. The first kappa shape index (κ1) is 25.4. The number of piperidine rings is 1. The van der Waals surface area contributed by atoms with Gasteiger partial charge in [0.2, 0.25) is 5.91 Å². The van der Waals surface area contributed by atoms with Crippen LogP contribution in [0.5, 0.6) is 0 Å². The molecular weight excluding hydrogens is 425 g/mol. The number of benzene rings is 1. The normalized spacial score (nSPS) is 22.9. The van der Waals surface area contributed by atoms with Gasteiger partial charge in [-0.25, -0.2) is 9.18 Å². The maximum absolute atomic E-state index is 13.4. The smallest absolute Gasteiger partial charge is 0.414 e. The van der Waals surface area contributed by atoms with Crippen molar-refractivity contribution in [1.82, 2.24) is 9.80 Å². The Morgan fingerprint density at radius 1 is 1.12 bits per heavy atom. The highest BCUT2D eigenvalue weighted by molar-refractivity contribution is 5.88. The lowest BCUT2D eigenvalue weighted by Crippen LogP contribution is -2.51. The number of carbonyl (C=O) groups excluding carboxylic acids is 2. The molecule has 3 atom stereocenters. The molecule has 184 valence electrons. The van der Waals surface area contributed by atoms with E-state index >= 15 is 0 Å². The fraction of sp³-hybridized carbons (Fsp3) is 0.680. The van der Waals surface area contributed by atoms with Crippen LogP contribution in [0.15, 0.2) is 24.3 Å². The van der Waals surface area contributed by atoms with E-state index in [0.29, 0.717) is 11.7 Å². The van der Waals surface area contributed by atoms with Crippen LogP contribution in [0.2, 0.25) is 0 Å². The molecule has 2 heterocycles. The molecule has 1 aromatic carbocycles. The van der Waals surface area contributed by atoms with Gasteiger partial charge in [0, 0.05) is 50.1 Å². The van der Waals surface area contributed by atoms with E-state index in [-0.39, 0.29) is 36.5 Å². The minimum absolute atomic E-state index is 0.00273. The van der Waals surface area contributed by atoms with Crippen molar-refractivity contribution < 1.29 is 23.5 Å². The van der Waals surface area contributed by atoms with Gasteiger partial charge in [0.25, 0.3) is 0 Å². The fourth-order valence-corrected chi connectivity index (χ4v) is 5.51. The van der Waals surface area contributed by atoms with Gasteiger partial charge in [0.05, 0.1) is 7.11 Å². The second kappa shape index (κ2) is 11.8. The summed E-state index contributed by atoms with van der Waals surface area (Å²) in [7, 11) is 2.94. The number of carbonyl (C=O) groups is 2. The van der Waals surface area contributed by atoms with Crippen LogP contribution in [-0.2, 0) is 14.3 Å². The molecule has 8 heteroatoms. The number of halogens is 1. The van der Waals surface area contributed by atoms with Crippen molar-refractivity contribution in [2.75, 3.05) is 38.8 Å². The molecule has 7 nitrogen and oxygen atoms in total. The van der Waals surface area contributed by atoms with E-state index in [0.717, 1.165) is 51.6 Å². The number of methoxy groups -OCH3 is 2. The van der Waals surface area contributed by atoms with E-state index in [1.807, 2.05) is 4.90 Å². The Balaban J connectivity index is 1.63. The third-order valence-electron chi connectivity index (χ3n) is 7.21. The van der Waals surface area contributed by atoms with Crippen LogP contribution >= 0.6 is 0 Å². The largest absolute Gasteiger partial charge is 0.452 e. The Morgan fingerprint density at radius 3 is 2.36 bits per heavy atom. The first-order valence-electron chi connectivity index (χ1n) is 12.1. The molecule has 3 unspecified atom stereocenters. The summed E-state index contributed by atoms with van der Waals surface area (Å²) in [6.07, 6.45) is 5.25. The second-order valence-electron chi connectivity index (χ2n) is 9.20. The molecule has 2 aliphatic rings. The van der Waals surface area contributed by atoms with Crippen molar-refractivity contribution in [3.8, 4) is 0 Å². The lowest BCUT2D eigenvalue weighted by atomic mass is 9.96. The van der Waals surface area contributed by atoms with Crippen molar-refractivity contribution >= 4 is 17.7 Å². The zero-order chi connectivity index (χ0) is 24.0. The van der Waals surface area contributed by atoms with Crippen LogP contribution in [0.3, 0.4) is 0 Å². The molecule has 2 amide bonds. The lowest BCUT2D eigenvalue weighted by Gasteiger charge is -2.42. The number of rotatable bonds is 8. The molecular formula is C25H38FN3O4. The van der Waals surface area contributed by atoms with Crippen LogP contribution in [0.4, 0.5) is 14.9 Å². The summed E-state index contributed by atoms with van der Waals surface area (Å²) in [6, 6.07) is 6.88. The summed E-state index contributed by atoms with van der Waals surface area (Å²) in [5, 5.41) is 0. The number of nitrogens with zero attached hydrogens (tertiary/aromatic N) is 3. The van der Waals surface area contributed by atoms with E-state index in [1.54, 1.807) is 24.1 Å². The highest BCUT2D eigenvalue weighted by atomic mass is 19.1. The second-order valence-corrected chi connectivity index (χ2v) is 9.20. The number of anilines is 1. The molecule has 2 saturated heterocycles. The molecule has 2 aliphatic heterocycles. The van der Waals surface area contributed by atoms with Crippen molar-refractivity contribution in [2.45, 2.75) is 76.5 Å². The van der Waals surface area contributed by atoms with E-state index in [4.69, 9.17) is 9.47 Å². The molecule has 1 aromatic rings. The topological polar surface area (TPSA) is 62.3 Å². The molecule has 33 heavy (non-hydrogen) atoms.